The van der Waals surface area contributed by atoms with Crippen LogP contribution in [0.2, 0.25) is 0 Å². The van der Waals surface area contributed by atoms with Crippen LogP contribution in [0.3, 0.4) is 0 Å². The Kier molecular flexibility index (Phi) is 7.91. The maximum absolute atomic E-state index is 12.2. The molecule has 0 fully saturated rings. The normalized spacial score (nSPS) is 11.5. The number of benzene rings is 2. The van der Waals surface area contributed by atoms with E-state index >= 15 is 0 Å². The molecule has 0 bridgehead atoms. The Labute approximate surface area is 171 Å². The maximum atomic E-state index is 12.2. The molecule has 0 aliphatic heterocycles. The van der Waals surface area contributed by atoms with E-state index in [4.69, 9.17) is 4.74 Å². The van der Waals surface area contributed by atoms with Crippen molar-refractivity contribution in [2.24, 2.45) is 0 Å². The van der Waals surface area contributed by atoms with Crippen molar-refractivity contribution in [3.05, 3.63) is 53.6 Å². The van der Waals surface area contributed by atoms with Crippen molar-refractivity contribution in [3.8, 4) is 5.75 Å². The van der Waals surface area contributed by atoms with Gasteiger partial charge in [0.05, 0.1) is 17.3 Å². The summed E-state index contributed by atoms with van der Waals surface area (Å²) in [6.45, 7) is 4.56. The smallest absolute Gasteiger partial charge is 0.242 e. The zero-order valence-corrected chi connectivity index (χ0v) is 18.2. The lowest BCUT2D eigenvalue weighted by Crippen LogP contribution is -2.22. The zero-order chi connectivity index (χ0) is 20.7. The molecule has 0 atom stereocenters. The van der Waals surface area contributed by atoms with Crippen LogP contribution in [0, 0.1) is 13.8 Å². The molecule has 0 heterocycles. The first-order valence-electron chi connectivity index (χ1n) is 8.80. The van der Waals surface area contributed by atoms with Gasteiger partial charge in [-0.1, -0.05) is 12.1 Å². The van der Waals surface area contributed by atoms with Gasteiger partial charge in [-0.15, -0.1) is 11.8 Å². The number of carbonyl (C=O) groups is 1. The van der Waals surface area contributed by atoms with Crippen molar-refractivity contribution in [1.82, 2.24) is 4.31 Å². The predicted octanol–water partition coefficient (Wildman–Crippen LogP) is 3.30. The first kappa shape index (κ1) is 22.3. The van der Waals surface area contributed by atoms with Crippen molar-refractivity contribution in [2.75, 3.05) is 37.5 Å². The average Bonchev–Trinajstić information content (AvgIpc) is 2.60. The molecule has 28 heavy (non-hydrogen) atoms. The maximum Gasteiger partial charge on any atom is 0.242 e. The molecule has 1 N–H and O–H groups in total. The molecule has 8 heteroatoms. The van der Waals surface area contributed by atoms with E-state index in [-0.39, 0.29) is 16.6 Å². The molecule has 0 saturated carbocycles. The number of aryl methyl sites for hydroxylation is 2. The summed E-state index contributed by atoms with van der Waals surface area (Å²) in [6, 6.07) is 12.3. The first-order chi connectivity index (χ1) is 13.2. The van der Waals surface area contributed by atoms with Crippen molar-refractivity contribution >= 4 is 33.4 Å². The molecule has 152 valence electrons. The van der Waals surface area contributed by atoms with Crippen LogP contribution in [0.1, 0.15) is 11.1 Å². The Balaban J connectivity index is 1.78. The first-order valence-corrected chi connectivity index (χ1v) is 11.4. The van der Waals surface area contributed by atoms with Gasteiger partial charge in [0.2, 0.25) is 15.9 Å². The fraction of sp³-hybridized carbons (Fsp3) is 0.350. The lowest BCUT2D eigenvalue weighted by molar-refractivity contribution is -0.113. The summed E-state index contributed by atoms with van der Waals surface area (Å²) >= 11 is 1.46. The molecule has 0 aliphatic rings. The minimum atomic E-state index is -3.53. The molecule has 2 rings (SSSR count). The van der Waals surface area contributed by atoms with Crippen LogP contribution >= 0.6 is 11.8 Å². The van der Waals surface area contributed by atoms with Crippen LogP contribution in [-0.2, 0) is 14.8 Å². The topological polar surface area (TPSA) is 75.7 Å². The van der Waals surface area contributed by atoms with Crippen LogP contribution in [0.25, 0.3) is 0 Å². The third-order valence-electron chi connectivity index (χ3n) is 3.82. The molecule has 6 nitrogen and oxygen atoms in total. The molecule has 1 amide bonds. The molecule has 0 saturated heterocycles. The van der Waals surface area contributed by atoms with Crippen molar-refractivity contribution in [3.63, 3.8) is 0 Å². The number of nitrogens with zero attached hydrogens (tertiary/aromatic N) is 1. The number of sulfonamides is 1. The molecule has 0 aromatic heterocycles. The second kappa shape index (κ2) is 9.95. The van der Waals surface area contributed by atoms with Gasteiger partial charge in [0.1, 0.15) is 5.75 Å². The molecular formula is C20H26N2O4S2. The van der Waals surface area contributed by atoms with Gasteiger partial charge in [0.15, 0.2) is 0 Å². The molecule has 2 aromatic rings. The lowest BCUT2D eigenvalue weighted by atomic mass is 10.1. The van der Waals surface area contributed by atoms with Crippen molar-refractivity contribution in [2.45, 2.75) is 18.7 Å². The van der Waals surface area contributed by atoms with E-state index < -0.39 is 10.0 Å². The minimum absolute atomic E-state index is 0.143. The molecule has 0 radical (unpaired) electrons. The summed E-state index contributed by atoms with van der Waals surface area (Å²) in [4.78, 5) is 12.2. The molecule has 0 aliphatic carbocycles. The Morgan fingerprint density at radius 1 is 1.11 bits per heavy atom. The molecule has 2 aromatic carbocycles. The second-order valence-electron chi connectivity index (χ2n) is 6.59. The van der Waals surface area contributed by atoms with Gasteiger partial charge in [-0.3, -0.25) is 4.79 Å². The van der Waals surface area contributed by atoms with Crippen LogP contribution in [0.4, 0.5) is 5.69 Å². The summed E-state index contributed by atoms with van der Waals surface area (Å²) in [7, 11) is -0.593. The highest BCUT2D eigenvalue weighted by atomic mass is 32.2. The summed E-state index contributed by atoms with van der Waals surface area (Å²) in [5.41, 5.74) is 2.76. The number of hydrogen-bond acceptors (Lipinski definition) is 5. The van der Waals surface area contributed by atoms with Gasteiger partial charge >= 0.3 is 0 Å². The zero-order valence-electron chi connectivity index (χ0n) is 16.6. The van der Waals surface area contributed by atoms with E-state index in [0.29, 0.717) is 18.0 Å². The second-order valence-corrected chi connectivity index (χ2v) is 9.84. The van der Waals surface area contributed by atoms with Crippen molar-refractivity contribution < 1.29 is 17.9 Å². The lowest BCUT2D eigenvalue weighted by Gasteiger charge is -2.12. The van der Waals surface area contributed by atoms with E-state index in [1.54, 1.807) is 12.1 Å². The number of carbonyl (C=O) groups excluding carboxylic acids is 1. The number of anilines is 1. The van der Waals surface area contributed by atoms with Crippen molar-refractivity contribution in [1.29, 1.82) is 0 Å². The highest BCUT2D eigenvalue weighted by molar-refractivity contribution is 7.99. The third-order valence-corrected chi connectivity index (χ3v) is 6.55. The fourth-order valence-corrected chi connectivity index (χ4v) is 4.09. The van der Waals surface area contributed by atoms with Gasteiger partial charge in [0, 0.05) is 25.5 Å². The average molecular weight is 423 g/mol. The Bertz CT molecular complexity index is 907. The van der Waals surface area contributed by atoms with Gasteiger partial charge < -0.3 is 10.1 Å². The molecule has 0 unspecified atom stereocenters. The van der Waals surface area contributed by atoms with E-state index in [1.807, 2.05) is 26.0 Å². The van der Waals surface area contributed by atoms with Crippen LogP contribution < -0.4 is 10.1 Å². The Morgan fingerprint density at radius 3 is 2.43 bits per heavy atom. The van der Waals surface area contributed by atoms with E-state index in [2.05, 4.69) is 11.4 Å². The summed E-state index contributed by atoms with van der Waals surface area (Å²) in [6.07, 6.45) is 0. The SMILES string of the molecule is Cc1cc(C)cc(OCCSCC(=O)Nc2cccc(S(=O)(=O)N(C)C)c2)c1. The van der Waals surface area contributed by atoms with E-state index in [0.717, 1.165) is 21.2 Å². The fourth-order valence-electron chi connectivity index (χ4n) is 2.54. The Hall–Kier alpha value is -2.03. The van der Waals surface area contributed by atoms with Crippen LogP contribution in [0.15, 0.2) is 47.4 Å². The highest BCUT2D eigenvalue weighted by Crippen LogP contribution is 2.19. The van der Waals surface area contributed by atoms with Gasteiger partial charge in [-0.25, -0.2) is 12.7 Å². The standard InChI is InChI=1S/C20H26N2O4S2/c1-15-10-16(2)12-18(11-15)26-8-9-27-14-20(23)21-17-6-5-7-19(13-17)28(24,25)22(3)4/h5-7,10-13H,8-9,14H2,1-4H3,(H,21,23). The van der Waals surface area contributed by atoms with E-state index in [9.17, 15) is 13.2 Å². The summed E-state index contributed by atoms with van der Waals surface area (Å²) in [5, 5.41) is 2.73. The Morgan fingerprint density at radius 2 is 1.79 bits per heavy atom. The summed E-state index contributed by atoms with van der Waals surface area (Å²) < 4.78 is 31.2. The van der Waals surface area contributed by atoms with E-state index in [1.165, 1.54) is 38.0 Å². The van der Waals surface area contributed by atoms with Gasteiger partial charge in [0.25, 0.3) is 0 Å². The number of amides is 1. The highest BCUT2D eigenvalue weighted by Gasteiger charge is 2.17. The molecular weight excluding hydrogens is 396 g/mol. The number of nitrogens with one attached hydrogen (secondary N) is 1. The largest absolute Gasteiger partial charge is 0.493 e. The summed E-state index contributed by atoms with van der Waals surface area (Å²) in [5.74, 6) is 1.59. The van der Waals surface area contributed by atoms with Gasteiger partial charge in [-0.05, 0) is 55.3 Å². The number of thioether (sulfide) groups is 1. The molecule has 0 spiro atoms. The monoisotopic (exact) mass is 422 g/mol. The van der Waals surface area contributed by atoms with Crippen LogP contribution in [0.5, 0.6) is 5.75 Å². The predicted molar refractivity (Wildman–Crippen MR) is 115 cm³/mol. The number of hydrogen-bond donors (Lipinski definition) is 1. The number of ether oxygens (including phenoxy) is 1. The minimum Gasteiger partial charge on any atom is -0.493 e. The number of rotatable bonds is 9. The quantitative estimate of drug-likeness (QED) is 0.628. The third kappa shape index (κ3) is 6.54. The van der Waals surface area contributed by atoms with Crippen LogP contribution in [-0.4, -0.2) is 50.8 Å². The van der Waals surface area contributed by atoms with Gasteiger partial charge in [-0.2, -0.15) is 0 Å².